The molecule has 0 saturated heterocycles. The molecule has 14 aromatic rings. The first-order valence-electron chi connectivity index (χ1n) is 23.2. The molecule has 0 bridgehead atoms. The van der Waals surface area contributed by atoms with Gasteiger partial charge in [-0.1, -0.05) is 146 Å². The summed E-state index contributed by atoms with van der Waals surface area (Å²) in [5.41, 5.74) is 12.9. The summed E-state index contributed by atoms with van der Waals surface area (Å²) < 4.78 is 9.18. The summed E-state index contributed by atoms with van der Waals surface area (Å²) in [5, 5.41) is 42.6. The maximum Gasteiger partial charge on any atom is 0.102 e. The highest BCUT2D eigenvalue weighted by molar-refractivity contribution is 6.27. The van der Waals surface area contributed by atoms with Gasteiger partial charge in [0.15, 0.2) is 0 Å². The van der Waals surface area contributed by atoms with E-state index in [1.165, 1.54) is 0 Å². The molecule has 0 amide bonds. The molecular formula is C63H35N7. The molecule has 0 aliphatic carbocycles. The molecular weight excluding hydrogens is 855 g/mol. The minimum absolute atomic E-state index is 0.331. The Morgan fingerprint density at radius 3 is 1.13 bits per heavy atom. The Hall–Kier alpha value is -10.1. The van der Waals surface area contributed by atoms with Crippen LogP contribution in [0.15, 0.2) is 212 Å². The topological polar surface area (TPSA) is 91.1 Å². The Kier molecular flexibility index (Phi) is 8.34. The lowest BCUT2D eigenvalue weighted by Crippen LogP contribution is -2.15. The second-order valence-electron chi connectivity index (χ2n) is 17.7. The van der Waals surface area contributed by atoms with Crippen LogP contribution in [0.4, 0.5) is 0 Å². The predicted octanol–water partition coefficient (Wildman–Crippen LogP) is 15.4. The van der Waals surface area contributed by atoms with E-state index in [0.29, 0.717) is 44.9 Å². The Bertz CT molecular complexity index is 4410. The van der Waals surface area contributed by atoms with Gasteiger partial charge in [0, 0.05) is 54.3 Å². The van der Waals surface area contributed by atoms with Crippen LogP contribution in [0.3, 0.4) is 0 Å². The second-order valence-corrected chi connectivity index (χ2v) is 17.7. The van der Waals surface area contributed by atoms with Crippen molar-refractivity contribution in [2.45, 2.75) is 0 Å². The van der Waals surface area contributed by atoms with Crippen molar-refractivity contribution in [1.29, 1.82) is 15.8 Å². The molecule has 0 aliphatic rings. The van der Waals surface area contributed by atoms with Crippen molar-refractivity contribution in [3.63, 3.8) is 0 Å². The molecule has 0 aliphatic heterocycles. The van der Waals surface area contributed by atoms with Crippen molar-refractivity contribution in [3.8, 4) is 52.1 Å². The quantitative estimate of drug-likeness (QED) is 0.172. The standard InChI is InChI=1S/C63H35N7/c64-36-39-30-32-40(33-31-39)58-49(37-65)61(68-52-25-11-4-18-42(52)43-19-5-12-26-53(43)68)63(62(50(58)38-66)69-54-27-13-6-20-44(54)45-21-7-14-28-55(45)69)70-56-29-15-9-23-48(56)59-57(70)35-34-47-46-22-8-10-24-51(46)67(60(47)59)41-16-2-1-3-17-41/h1-35H. The molecule has 7 nitrogen and oxygen atoms in total. The van der Waals surface area contributed by atoms with Gasteiger partial charge in [-0.15, -0.1) is 0 Å². The number of aromatic nitrogens is 4. The maximum absolute atomic E-state index is 12.1. The molecule has 0 fully saturated rings. The molecule has 7 heteroatoms. The largest absolute Gasteiger partial charge is 0.309 e. The number of nitriles is 3. The molecule has 4 heterocycles. The Morgan fingerprint density at radius 2 is 0.671 bits per heavy atom. The van der Waals surface area contributed by atoms with Crippen LogP contribution in [0.5, 0.6) is 0 Å². The summed E-state index contributed by atoms with van der Waals surface area (Å²) in [4.78, 5) is 0. The first-order chi connectivity index (χ1) is 34.7. The molecule has 0 unspecified atom stereocenters. The molecule has 0 saturated carbocycles. The van der Waals surface area contributed by atoms with Crippen molar-refractivity contribution in [2.24, 2.45) is 0 Å². The lowest BCUT2D eigenvalue weighted by Gasteiger charge is -2.26. The van der Waals surface area contributed by atoms with Crippen LogP contribution in [-0.2, 0) is 0 Å². The Labute approximate surface area is 400 Å². The number of fused-ring (bicyclic) bond motifs is 13. The molecule has 322 valence electrons. The maximum atomic E-state index is 12.1. The molecule has 0 atom stereocenters. The number of benzene rings is 10. The third-order valence-electron chi connectivity index (χ3n) is 14.3. The monoisotopic (exact) mass is 889 g/mol. The van der Waals surface area contributed by atoms with Gasteiger partial charge >= 0.3 is 0 Å². The fourth-order valence-corrected chi connectivity index (χ4v) is 11.5. The fourth-order valence-electron chi connectivity index (χ4n) is 11.5. The number of nitrogens with zero attached hydrogens (tertiary/aromatic N) is 7. The van der Waals surface area contributed by atoms with E-state index in [0.717, 1.165) is 92.9 Å². The molecule has 10 aromatic carbocycles. The smallest absolute Gasteiger partial charge is 0.102 e. The number of para-hydroxylation sites is 7. The van der Waals surface area contributed by atoms with Crippen molar-refractivity contribution < 1.29 is 0 Å². The van der Waals surface area contributed by atoms with E-state index in [9.17, 15) is 15.8 Å². The van der Waals surface area contributed by atoms with Crippen LogP contribution < -0.4 is 0 Å². The molecule has 0 spiro atoms. The zero-order valence-electron chi connectivity index (χ0n) is 37.3. The summed E-state index contributed by atoms with van der Waals surface area (Å²) in [6, 6.07) is 80.5. The van der Waals surface area contributed by atoms with E-state index in [2.05, 4.69) is 194 Å². The minimum atomic E-state index is 0.331. The van der Waals surface area contributed by atoms with E-state index >= 15 is 0 Å². The normalized spacial score (nSPS) is 11.7. The molecule has 0 radical (unpaired) electrons. The Balaban J connectivity index is 1.30. The van der Waals surface area contributed by atoms with E-state index < -0.39 is 0 Å². The lowest BCUT2D eigenvalue weighted by molar-refractivity contribution is 1.04. The summed E-state index contributed by atoms with van der Waals surface area (Å²) in [7, 11) is 0. The third kappa shape index (κ3) is 5.25. The van der Waals surface area contributed by atoms with Gasteiger partial charge in [0.25, 0.3) is 0 Å². The average molecular weight is 890 g/mol. The van der Waals surface area contributed by atoms with Gasteiger partial charge in [-0.2, -0.15) is 15.8 Å². The molecule has 0 N–H and O–H groups in total. The van der Waals surface area contributed by atoms with Gasteiger partial charge in [-0.3, -0.25) is 0 Å². The van der Waals surface area contributed by atoms with Crippen molar-refractivity contribution in [1.82, 2.24) is 18.3 Å². The molecule has 70 heavy (non-hydrogen) atoms. The molecule has 4 aromatic heterocycles. The average Bonchev–Trinajstić information content (AvgIpc) is 4.15. The number of hydrogen-bond acceptors (Lipinski definition) is 3. The van der Waals surface area contributed by atoms with Crippen molar-refractivity contribution in [2.75, 3.05) is 0 Å². The van der Waals surface area contributed by atoms with Gasteiger partial charge in [-0.05, 0) is 72.3 Å². The van der Waals surface area contributed by atoms with Crippen molar-refractivity contribution in [3.05, 3.63) is 229 Å². The van der Waals surface area contributed by atoms with Crippen LogP contribution >= 0.6 is 0 Å². The van der Waals surface area contributed by atoms with E-state index in [4.69, 9.17) is 0 Å². The summed E-state index contributed by atoms with van der Waals surface area (Å²) >= 11 is 0. The Morgan fingerprint density at radius 1 is 0.286 bits per heavy atom. The predicted molar refractivity (Wildman–Crippen MR) is 283 cm³/mol. The first-order valence-corrected chi connectivity index (χ1v) is 23.2. The summed E-state index contributed by atoms with van der Waals surface area (Å²) in [6.07, 6.45) is 0. The van der Waals surface area contributed by atoms with Gasteiger partial charge in [0.05, 0.1) is 84.0 Å². The fraction of sp³-hybridized carbons (Fsp3) is 0. The number of hydrogen-bond donors (Lipinski definition) is 0. The van der Waals surface area contributed by atoms with Crippen LogP contribution in [0.2, 0.25) is 0 Å². The first kappa shape index (κ1) is 39.1. The van der Waals surface area contributed by atoms with Gasteiger partial charge in [0.2, 0.25) is 0 Å². The van der Waals surface area contributed by atoms with Gasteiger partial charge in [0.1, 0.15) is 12.1 Å². The second kappa shape index (κ2) is 14.9. The highest BCUT2D eigenvalue weighted by Gasteiger charge is 2.34. The van der Waals surface area contributed by atoms with Crippen LogP contribution in [0, 0.1) is 34.0 Å². The highest BCUT2D eigenvalue weighted by atomic mass is 15.1. The third-order valence-corrected chi connectivity index (χ3v) is 14.3. The molecule has 14 rings (SSSR count). The van der Waals surface area contributed by atoms with Crippen molar-refractivity contribution >= 4 is 87.2 Å². The zero-order valence-corrected chi connectivity index (χ0v) is 37.3. The zero-order chi connectivity index (χ0) is 46.6. The van der Waals surface area contributed by atoms with Gasteiger partial charge < -0.3 is 18.3 Å². The van der Waals surface area contributed by atoms with Gasteiger partial charge in [-0.25, -0.2) is 0 Å². The summed E-state index contributed by atoms with van der Waals surface area (Å²) in [6.45, 7) is 0. The van der Waals surface area contributed by atoms with Crippen LogP contribution in [0.25, 0.3) is 121 Å². The lowest BCUT2D eigenvalue weighted by atomic mass is 9.90. The summed E-state index contributed by atoms with van der Waals surface area (Å²) in [5.74, 6) is 0. The minimum Gasteiger partial charge on any atom is -0.309 e. The van der Waals surface area contributed by atoms with E-state index in [1.54, 1.807) is 12.1 Å². The number of rotatable bonds is 5. The highest BCUT2D eigenvalue weighted by Crippen LogP contribution is 2.50. The SMILES string of the molecule is N#Cc1ccc(-c2c(C#N)c(-n3c4ccccc4c4ccccc43)c(-n3c4ccccc4c4c3ccc3c5ccccc5n(-c5ccccc5)c34)c(-n3c4ccccc4c4ccccc43)c2C#N)cc1. The van der Waals surface area contributed by atoms with E-state index in [-0.39, 0.29) is 0 Å². The van der Waals surface area contributed by atoms with Crippen LogP contribution in [0.1, 0.15) is 16.7 Å². The van der Waals surface area contributed by atoms with Crippen LogP contribution in [-0.4, -0.2) is 18.3 Å². The van der Waals surface area contributed by atoms with E-state index in [1.807, 2.05) is 42.5 Å².